The van der Waals surface area contributed by atoms with Crippen molar-refractivity contribution in [3.63, 3.8) is 0 Å². The third kappa shape index (κ3) is 3.45. The van der Waals surface area contributed by atoms with E-state index in [4.69, 9.17) is 4.74 Å². The van der Waals surface area contributed by atoms with Crippen LogP contribution in [0.15, 0.2) is 36.4 Å². The molecule has 0 radical (unpaired) electrons. The summed E-state index contributed by atoms with van der Waals surface area (Å²) in [5, 5.41) is 11.5. The van der Waals surface area contributed by atoms with Crippen LogP contribution in [-0.2, 0) is 11.0 Å². The molecular formula is C18H14F4N2O4. The number of nitrogens with one attached hydrogen (secondary N) is 1. The van der Waals surface area contributed by atoms with Crippen molar-refractivity contribution in [2.75, 3.05) is 17.3 Å². The summed E-state index contributed by atoms with van der Waals surface area (Å²) in [5.41, 5.74) is -1.41. The zero-order valence-corrected chi connectivity index (χ0v) is 14.4. The molecule has 0 aliphatic carbocycles. The number of urea groups is 1. The standard InChI is InChI=1S/C18H14F4N2O4/c1-28-14-6-5-9(18(20,21)22)7-13(14)24-12(8-15(25)26)10-3-2-4-11(19)16(10)23-17(24)27/h2-7,12H,8H2,1H3,(H,23,27)(H,25,26). The van der Waals surface area contributed by atoms with E-state index in [1.807, 2.05) is 0 Å². The van der Waals surface area contributed by atoms with Gasteiger partial charge in [-0.15, -0.1) is 0 Å². The van der Waals surface area contributed by atoms with Crippen LogP contribution in [0, 0.1) is 5.82 Å². The summed E-state index contributed by atoms with van der Waals surface area (Å²) in [6.45, 7) is 0. The molecule has 10 heteroatoms. The maximum Gasteiger partial charge on any atom is 0.416 e. The van der Waals surface area contributed by atoms with Crippen molar-refractivity contribution in [3.05, 3.63) is 53.3 Å². The minimum atomic E-state index is -4.69. The number of anilines is 2. The second kappa shape index (κ2) is 7.02. The molecule has 1 unspecified atom stereocenters. The predicted octanol–water partition coefficient (Wildman–Crippen LogP) is 4.42. The average Bonchev–Trinajstić information content (AvgIpc) is 2.61. The molecule has 1 aliphatic rings. The van der Waals surface area contributed by atoms with Gasteiger partial charge in [-0.3, -0.25) is 9.69 Å². The van der Waals surface area contributed by atoms with Crippen LogP contribution < -0.4 is 15.0 Å². The Morgan fingerprint density at radius 1 is 1.29 bits per heavy atom. The van der Waals surface area contributed by atoms with Gasteiger partial charge in [0.05, 0.1) is 36.5 Å². The number of carboxylic acid groups (broad SMARTS) is 1. The molecule has 1 aliphatic heterocycles. The molecule has 3 rings (SSSR count). The molecule has 0 saturated heterocycles. The number of carbonyl (C=O) groups excluding carboxylic acids is 1. The normalized spacial score (nSPS) is 16.4. The smallest absolute Gasteiger partial charge is 0.416 e. The summed E-state index contributed by atoms with van der Waals surface area (Å²) in [7, 11) is 1.20. The first kappa shape index (κ1) is 19.5. The third-order valence-corrected chi connectivity index (χ3v) is 4.30. The molecule has 148 valence electrons. The molecule has 1 heterocycles. The first-order valence-corrected chi connectivity index (χ1v) is 7.99. The van der Waals surface area contributed by atoms with Crippen molar-refractivity contribution in [2.45, 2.75) is 18.6 Å². The largest absolute Gasteiger partial charge is 0.495 e. The molecule has 0 spiro atoms. The van der Waals surface area contributed by atoms with E-state index in [0.717, 1.165) is 23.1 Å². The molecule has 2 aromatic carbocycles. The Balaban J connectivity index is 2.21. The van der Waals surface area contributed by atoms with Crippen LogP contribution in [0.2, 0.25) is 0 Å². The lowest BCUT2D eigenvalue weighted by Gasteiger charge is -2.37. The van der Waals surface area contributed by atoms with Gasteiger partial charge < -0.3 is 15.2 Å². The van der Waals surface area contributed by atoms with E-state index in [1.165, 1.54) is 19.2 Å². The van der Waals surface area contributed by atoms with Gasteiger partial charge >= 0.3 is 18.2 Å². The maximum absolute atomic E-state index is 14.1. The summed E-state index contributed by atoms with van der Waals surface area (Å²) < 4.78 is 58.7. The van der Waals surface area contributed by atoms with Crippen LogP contribution in [0.4, 0.5) is 33.7 Å². The van der Waals surface area contributed by atoms with Crippen molar-refractivity contribution in [1.82, 2.24) is 0 Å². The van der Waals surface area contributed by atoms with Crippen LogP contribution in [0.25, 0.3) is 0 Å². The van der Waals surface area contributed by atoms with Crippen LogP contribution >= 0.6 is 0 Å². The number of ether oxygens (including phenoxy) is 1. The fraction of sp³-hybridized carbons (Fsp3) is 0.222. The Morgan fingerprint density at radius 3 is 2.61 bits per heavy atom. The number of methoxy groups -OCH3 is 1. The number of amides is 2. The summed E-state index contributed by atoms with van der Waals surface area (Å²) in [6, 6.07) is 4.10. The van der Waals surface area contributed by atoms with Gasteiger partial charge in [-0.25, -0.2) is 9.18 Å². The Hall–Kier alpha value is -3.30. The number of para-hydroxylation sites is 1. The molecule has 2 amide bonds. The van der Waals surface area contributed by atoms with Crippen molar-refractivity contribution < 1.29 is 37.0 Å². The van der Waals surface area contributed by atoms with Gasteiger partial charge in [0, 0.05) is 5.56 Å². The molecule has 1 atom stereocenters. The van der Waals surface area contributed by atoms with E-state index in [1.54, 1.807) is 0 Å². The fourth-order valence-corrected chi connectivity index (χ4v) is 3.10. The van der Waals surface area contributed by atoms with Crippen molar-refractivity contribution in [1.29, 1.82) is 0 Å². The van der Waals surface area contributed by atoms with Gasteiger partial charge in [0.1, 0.15) is 11.6 Å². The molecular weight excluding hydrogens is 384 g/mol. The Kier molecular flexibility index (Phi) is 4.88. The van der Waals surface area contributed by atoms with Crippen molar-refractivity contribution >= 4 is 23.4 Å². The lowest BCUT2D eigenvalue weighted by atomic mass is 9.96. The molecule has 0 bridgehead atoms. The minimum Gasteiger partial charge on any atom is -0.495 e. The number of benzene rings is 2. The number of nitrogens with zero attached hydrogens (tertiary/aromatic N) is 1. The number of carboxylic acids is 1. The first-order chi connectivity index (χ1) is 13.1. The maximum atomic E-state index is 14.1. The van der Waals surface area contributed by atoms with Gasteiger partial charge in [0.25, 0.3) is 0 Å². The van der Waals surface area contributed by atoms with Crippen LogP contribution in [0.3, 0.4) is 0 Å². The van der Waals surface area contributed by atoms with Crippen molar-refractivity contribution in [2.24, 2.45) is 0 Å². The van der Waals surface area contributed by atoms with Crippen molar-refractivity contribution in [3.8, 4) is 5.75 Å². The molecule has 6 nitrogen and oxygen atoms in total. The van der Waals surface area contributed by atoms with E-state index in [2.05, 4.69) is 5.32 Å². The number of alkyl halides is 3. The summed E-state index contributed by atoms with van der Waals surface area (Å²) in [6.07, 6.45) is -5.34. The molecule has 2 N–H and O–H groups in total. The number of hydrogen-bond acceptors (Lipinski definition) is 3. The van der Waals surface area contributed by atoms with E-state index >= 15 is 0 Å². The molecule has 0 aromatic heterocycles. The average molecular weight is 398 g/mol. The summed E-state index contributed by atoms with van der Waals surface area (Å²) >= 11 is 0. The number of fused-ring (bicyclic) bond motifs is 1. The Labute approximate surface area is 156 Å². The first-order valence-electron chi connectivity index (χ1n) is 7.99. The molecule has 0 saturated carbocycles. The topological polar surface area (TPSA) is 78.9 Å². The highest BCUT2D eigenvalue weighted by molar-refractivity contribution is 6.06. The lowest BCUT2D eigenvalue weighted by Crippen LogP contribution is -2.44. The fourth-order valence-electron chi connectivity index (χ4n) is 3.10. The van der Waals surface area contributed by atoms with E-state index < -0.39 is 42.0 Å². The van der Waals surface area contributed by atoms with Gasteiger partial charge in [-0.1, -0.05) is 12.1 Å². The SMILES string of the molecule is COc1ccc(C(F)(F)F)cc1N1C(=O)Nc2c(F)cccc2C1CC(=O)O. The molecule has 28 heavy (non-hydrogen) atoms. The minimum absolute atomic E-state index is 0.0709. The summed E-state index contributed by atoms with van der Waals surface area (Å²) in [4.78, 5) is 24.8. The third-order valence-electron chi connectivity index (χ3n) is 4.30. The second-order valence-electron chi connectivity index (χ2n) is 6.00. The zero-order valence-electron chi connectivity index (χ0n) is 14.4. The number of hydrogen-bond donors (Lipinski definition) is 2. The number of carbonyl (C=O) groups is 2. The van der Waals surface area contributed by atoms with Gasteiger partial charge in [-0.05, 0) is 24.3 Å². The van der Waals surface area contributed by atoms with Gasteiger partial charge in [-0.2, -0.15) is 13.2 Å². The van der Waals surface area contributed by atoms with E-state index in [0.29, 0.717) is 6.07 Å². The monoisotopic (exact) mass is 398 g/mol. The number of aliphatic carboxylic acids is 1. The highest BCUT2D eigenvalue weighted by atomic mass is 19.4. The van der Waals surface area contributed by atoms with Crippen LogP contribution in [-0.4, -0.2) is 24.2 Å². The second-order valence-corrected chi connectivity index (χ2v) is 6.00. The number of rotatable bonds is 4. The van der Waals surface area contributed by atoms with Crippen LogP contribution in [0.5, 0.6) is 5.75 Å². The zero-order chi connectivity index (χ0) is 20.6. The van der Waals surface area contributed by atoms with Crippen LogP contribution in [0.1, 0.15) is 23.6 Å². The van der Waals surface area contributed by atoms with Gasteiger partial charge in [0.15, 0.2) is 0 Å². The quantitative estimate of drug-likeness (QED) is 0.748. The van der Waals surface area contributed by atoms with E-state index in [-0.39, 0.29) is 22.7 Å². The highest BCUT2D eigenvalue weighted by Crippen LogP contribution is 2.44. The Bertz CT molecular complexity index is 946. The lowest BCUT2D eigenvalue weighted by molar-refractivity contribution is -0.138. The highest BCUT2D eigenvalue weighted by Gasteiger charge is 2.39. The van der Waals surface area contributed by atoms with Gasteiger partial charge in [0.2, 0.25) is 0 Å². The predicted molar refractivity (Wildman–Crippen MR) is 90.9 cm³/mol. The summed E-state index contributed by atoms with van der Waals surface area (Å²) in [5.74, 6) is -2.17. The van der Waals surface area contributed by atoms with E-state index in [9.17, 15) is 32.3 Å². The molecule has 2 aromatic rings. The Morgan fingerprint density at radius 2 is 2.00 bits per heavy atom. The molecule has 0 fully saturated rings. The number of halogens is 4.